The van der Waals surface area contributed by atoms with Crippen molar-refractivity contribution < 1.29 is 5.11 Å². The van der Waals surface area contributed by atoms with Gasteiger partial charge < -0.3 is 5.11 Å². The van der Waals surface area contributed by atoms with Crippen molar-refractivity contribution in [3.8, 4) is 0 Å². The van der Waals surface area contributed by atoms with Crippen molar-refractivity contribution in [1.29, 1.82) is 0 Å². The summed E-state index contributed by atoms with van der Waals surface area (Å²) in [6.45, 7) is 0. The van der Waals surface area contributed by atoms with Gasteiger partial charge in [0.15, 0.2) is 0 Å². The van der Waals surface area contributed by atoms with Gasteiger partial charge in [0.05, 0.1) is 11.8 Å². The molecular weight excluding hydrogens is 224 g/mol. The highest BCUT2D eigenvalue weighted by Gasteiger charge is 2.50. The lowest BCUT2D eigenvalue weighted by atomic mass is 9.87. The molecule has 1 saturated carbocycles. The van der Waals surface area contributed by atoms with Crippen LogP contribution in [0.2, 0.25) is 0 Å². The quantitative estimate of drug-likeness (QED) is 0.891. The van der Waals surface area contributed by atoms with Crippen LogP contribution in [-0.4, -0.2) is 21.0 Å². The van der Waals surface area contributed by atoms with Gasteiger partial charge in [-0.3, -0.25) is 4.68 Å². The number of nitrogens with zero attached hydrogens (tertiary/aromatic N) is 2. The largest absolute Gasteiger partial charge is 0.392 e. The van der Waals surface area contributed by atoms with Crippen molar-refractivity contribution in [1.82, 2.24) is 9.78 Å². The minimum Gasteiger partial charge on any atom is -0.392 e. The van der Waals surface area contributed by atoms with Gasteiger partial charge in [-0.1, -0.05) is 30.3 Å². The first-order chi connectivity index (χ1) is 8.71. The number of hydrogen-bond donors (Lipinski definition) is 1. The van der Waals surface area contributed by atoms with E-state index in [1.54, 1.807) is 4.68 Å². The molecule has 1 aliphatic carbocycles. The molecule has 0 bridgehead atoms. The summed E-state index contributed by atoms with van der Waals surface area (Å²) >= 11 is 0. The molecule has 0 spiro atoms. The summed E-state index contributed by atoms with van der Waals surface area (Å²) in [5.41, 5.74) is 2.19. The minimum atomic E-state index is -0.338. The van der Waals surface area contributed by atoms with Crippen molar-refractivity contribution in [2.75, 3.05) is 0 Å². The molecule has 1 atom stereocenters. The van der Waals surface area contributed by atoms with Gasteiger partial charge in [-0.2, -0.15) is 5.10 Å². The third-order valence-corrected chi connectivity index (χ3v) is 3.95. The Balaban J connectivity index is 1.78. The Bertz CT molecular complexity index is 528. The maximum Gasteiger partial charge on any atom is 0.0692 e. The van der Waals surface area contributed by atoms with E-state index in [0.717, 1.165) is 18.5 Å². The Morgan fingerprint density at radius 1 is 1.28 bits per heavy atom. The fourth-order valence-electron chi connectivity index (χ4n) is 2.68. The Labute approximate surface area is 107 Å². The van der Waals surface area contributed by atoms with Crippen LogP contribution in [0.1, 0.15) is 24.1 Å². The second-order valence-corrected chi connectivity index (χ2v) is 5.22. The zero-order valence-electron chi connectivity index (χ0n) is 10.6. The van der Waals surface area contributed by atoms with Gasteiger partial charge >= 0.3 is 0 Å². The van der Waals surface area contributed by atoms with E-state index in [0.29, 0.717) is 6.42 Å². The molecule has 3 rings (SSSR count). The van der Waals surface area contributed by atoms with Crippen LogP contribution in [0.5, 0.6) is 0 Å². The highest BCUT2D eigenvalue weighted by Crippen LogP contribution is 2.51. The molecular formula is C15H18N2O. The predicted octanol–water partition coefficient (Wildman–Crippen LogP) is 2.06. The molecule has 1 unspecified atom stereocenters. The van der Waals surface area contributed by atoms with Gasteiger partial charge in [-0.05, 0) is 24.5 Å². The second-order valence-electron chi connectivity index (χ2n) is 5.22. The molecule has 94 valence electrons. The number of aliphatic hydroxyl groups is 1. The summed E-state index contributed by atoms with van der Waals surface area (Å²) in [4.78, 5) is 0. The normalized spacial score (nSPS) is 18.6. The van der Waals surface area contributed by atoms with E-state index in [-0.39, 0.29) is 11.5 Å². The summed E-state index contributed by atoms with van der Waals surface area (Å²) < 4.78 is 1.78. The second kappa shape index (κ2) is 4.25. The molecule has 0 saturated heterocycles. The lowest BCUT2D eigenvalue weighted by Gasteiger charge is -2.22. The van der Waals surface area contributed by atoms with Gasteiger partial charge in [0.1, 0.15) is 0 Å². The zero-order chi connectivity index (χ0) is 12.6. The minimum absolute atomic E-state index is 0.0290. The fourth-order valence-corrected chi connectivity index (χ4v) is 2.68. The molecule has 1 N–H and O–H groups in total. The van der Waals surface area contributed by atoms with Crippen molar-refractivity contribution in [3.63, 3.8) is 0 Å². The smallest absolute Gasteiger partial charge is 0.0692 e. The Morgan fingerprint density at radius 3 is 2.56 bits per heavy atom. The number of benzene rings is 1. The Hall–Kier alpha value is -1.61. The van der Waals surface area contributed by atoms with Crippen molar-refractivity contribution in [3.05, 3.63) is 53.9 Å². The van der Waals surface area contributed by atoms with E-state index in [1.807, 2.05) is 37.5 Å². The molecule has 1 aromatic carbocycles. The van der Waals surface area contributed by atoms with Gasteiger partial charge in [0.25, 0.3) is 0 Å². The predicted molar refractivity (Wildman–Crippen MR) is 70.3 cm³/mol. The van der Waals surface area contributed by atoms with Gasteiger partial charge in [-0.25, -0.2) is 0 Å². The first-order valence-corrected chi connectivity index (χ1v) is 6.43. The monoisotopic (exact) mass is 242 g/mol. The van der Waals surface area contributed by atoms with Crippen molar-refractivity contribution in [2.45, 2.75) is 30.8 Å². The molecule has 1 fully saturated rings. The van der Waals surface area contributed by atoms with Crippen LogP contribution in [0.4, 0.5) is 0 Å². The van der Waals surface area contributed by atoms with Gasteiger partial charge in [-0.15, -0.1) is 0 Å². The lowest BCUT2D eigenvalue weighted by Crippen LogP contribution is -2.28. The highest BCUT2D eigenvalue weighted by atomic mass is 16.3. The average Bonchev–Trinajstić information content (AvgIpc) is 3.10. The number of rotatable bonds is 4. The van der Waals surface area contributed by atoms with E-state index < -0.39 is 0 Å². The van der Waals surface area contributed by atoms with Crippen LogP contribution in [0.25, 0.3) is 0 Å². The summed E-state index contributed by atoms with van der Waals surface area (Å²) in [7, 11) is 1.90. The molecule has 3 heteroatoms. The summed E-state index contributed by atoms with van der Waals surface area (Å²) in [6.07, 6.45) is 4.37. The summed E-state index contributed by atoms with van der Waals surface area (Å²) in [5, 5.41) is 14.8. The number of aromatic nitrogens is 2. The van der Waals surface area contributed by atoms with Crippen molar-refractivity contribution >= 4 is 0 Å². The molecule has 1 aliphatic rings. The van der Waals surface area contributed by atoms with Gasteiger partial charge in [0, 0.05) is 25.1 Å². The highest BCUT2D eigenvalue weighted by molar-refractivity contribution is 5.33. The summed E-state index contributed by atoms with van der Waals surface area (Å²) in [6, 6.07) is 12.3. The van der Waals surface area contributed by atoms with E-state index in [9.17, 15) is 5.11 Å². The van der Waals surface area contributed by atoms with E-state index in [1.165, 1.54) is 5.56 Å². The van der Waals surface area contributed by atoms with Crippen LogP contribution in [0.3, 0.4) is 0 Å². The van der Waals surface area contributed by atoms with E-state index in [2.05, 4.69) is 17.2 Å². The van der Waals surface area contributed by atoms with E-state index >= 15 is 0 Å². The summed E-state index contributed by atoms with van der Waals surface area (Å²) in [5.74, 6) is 0. The molecule has 3 nitrogen and oxygen atoms in total. The molecule has 0 radical (unpaired) electrons. The molecule has 0 aliphatic heterocycles. The maximum absolute atomic E-state index is 10.5. The van der Waals surface area contributed by atoms with Crippen molar-refractivity contribution in [2.24, 2.45) is 7.05 Å². The van der Waals surface area contributed by atoms with E-state index in [4.69, 9.17) is 0 Å². The SMILES string of the molecule is Cn1ccc(CC(O)C2(c3ccccc3)CC2)n1. The average molecular weight is 242 g/mol. The third kappa shape index (κ3) is 1.95. The third-order valence-electron chi connectivity index (χ3n) is 3.95. The standard InChI is InChI=1S/C15H18N2O/c1-17-10-7-13(16-17)11-14(18)15(8-9-15)12-5-3-2-4-6-12/h2-7,10,14,18H,8-9,11H2,1H3. The number of aliphatic hydroxyl groups excluding tert-OH is 1. The Morgan fingerprint density at radius 2 is 2.00 bits per heavy atom. The van der Waals surface area contributed by atoms with Crippen LogP contribution < -0.4 is 0 Å². The maximum atomic E-state index is 10.5. The topological polar surface area (TPSA) is 38.0 Å². The number of hydrogen-bond acceptors (Lipinski definition) is 2. The first kappa shape index (κ1) is 11.5. The zero-order valence-corrected chi connectivity index (χ0v) is 10.6. The molecule has 2 aromatic rings. The fraction of sp³-hybridized carbons (Fsp3) is 0.400. The molecule has 0 amide bonds. The van der Waals surface area contributed by atoms with Gasteiger partial charge in [0.2, 0.25) is 0 Å². The van der Waals surface area contributed by atoms with Crippen LogP contribution >= 0.6 is 0 Å². The number of aryl methyl sites for hydroxylation is 1. The van der Waals surface area contributed by atoms with Crippen LogP contribution in [0, 0.1) is 0 Å². The molecule has 18 heavy (non-hydrogen) atoms. The lowest BCUT2D eigenvalue weighted by molar-refractivity contribution is 0.130. The van der Waals surface area contributed by atoms with Crippen LogP contribution in [-0.2, 0) is 18.9 Å². The Kier molecular flexibility index (Phi) is 2.71. The van der Waals surface area contributed by atoms with Crippen LogP contribution in [0.15, 0.2) is 42.6 Å². The first-order valence-electron chi connectivity index (χ1n) is 6.43. The molecule has 1 heterocycles. The molecule has 1 aromatic heterocycles.